The van der Waals surface area contributed by atoms with E-state index < -0.39 is 5.92 Å². The molecule has 0 amide bonds. The lowest BCUT2D eigenvalue weighted by Gasteiger charge is -2.35. The molecule has 1 aliphatic rings. The van der Waals surface area contributed by atoms with Crippen molar-refractivity contribution in [3.05, 3.63) is 35.8 Å². The molecule has 1 aliphatic carbocycles. The van der Waals surface area contributed by atoms with E-state index in [1.54, 1.807) is 0 Å². The monoisotopic (exact) mass is 312 g/mol. The van der Waals surface area contributed by atoms with Crippen LogP contribution in [0.25, 0.3) is 10.9 Å². The van der Waals surface area contributed by atoms with Crippen LogP contribution in [-0.2, 0) is 13.1 Å². The fraction of sp³-hybridized carbons (Fsp3) is 0.500. The van der Waals surface area contributed by atoms with Crippen molar-refractivity contribution >= 4 is 10.9 Å². The molecule has 0 aliphatic heterocycles. The largest absolute Gasteiger partial charge is 0.395 e. The van der Waals surface area contributed by atoms with E-state index in [1.807, 2.05) is 16.8 Å². The molecule has 2 aromatic rings. The second kappa shape index (κ2) is 5.93. The van der Waals surface area contributed by atoms with Gasteiger partial charge in [0.15, 0.2) is 0 Å². The summed E-state index contributed by atoms with van der Waals surface area (Å²) in [6.07, 6.45) is 1.65. The van der Waals surface area contributed by atoms with Gasteiger partial charge in [-0.05, 0) is 29.7 Å². The van der Waals surface area contributed by atoms with Gasteiger partial charge in [0.1, 0.15) is 5.82 Å². The maximum Gasteiger partial charge on any atom is 0.248 e. The molecule has 22 heavy (non-hydrogen) atoms. The van der Waals surface area contributed by atoms with Crippen molar-refractivity contribution in [2.75, 3.05) is 13.2 Å². The molecule has 0 spiro atoms. The van der Waals surface area contributed by atoms with Crippen molar-refractivity contribution < 1.29 is 18.3 Å². The summed E-state index contributed by atoms with van der Waals surface area (Å²) in [6, 6.07) is 4.80. The Hall–Kier alpha value is -1.53. The molecule has 0 atom stereocenters. The highest BCUT2D eigenvalue weighted by Crippen LogP contribution is 2.43. The molecule has 120 valence electrons. The van der Waals surface area contributed by atoms with E-state index in [4.69, 9.17) is 5.11 Å². The number of hydrogen-bond donors (Lipinski definition) is 2. The molecule has 1 heterocycles. The molecule has 0 unspecified atom stereocenters. The van der Waals surface area contributed by atoms with E-state index in [0.29, 0.717) is 19.6 Å². The quantitative estimate of drug-likeness (QED) is 0.805. The summed E-state index contributed by atoms with van der Waals surface area (Å²) in [5, 5.41) is 12.7. The van der Waals surface area contributed by atoms with Crippen LogP contribution in [0.5, 0.6) is 0 Å². The summed E-state index contributed by atoms with van der Waals surface area (Å²) in [7, 11) is 0. The van der Waals surface area contributed by atoms with Gasteiger partial charge in [0, 0.05) is 44.1 Å². The van der Waals surface area contributed by atoms with Gasteiger partial charge < -0.3 is 15.0 Å². The standard InChI is InChI=1S/C16H19F3N2O/c17-13-5-12(9-20-2-4-22)14-1-3-21(15(14)6-13)10-11-7-16(18,19)8-11/h1,3,5-6,11,20,22H,2,4,7-10H2. The lowest BCUT2D eigenvalue weighted by atomic mass is 9.81. The molecule has 1 aromatic heterocycles. The van der Waals surface area contributed by atoms with Gasteiger partial charge in [0.05, 0.1) is 12.1 Å². The SMILES string of the molecule is OCCNCc1cc(F)cc2c1ccn2CC1CC(F)(F)C1. The Bertz CT molecular complexity index is 661. The van der Waals surface area contributed by atoms with E-state index in [0.717, 1.165) is 16.5 Å². The Morgan fingerprint density at radius 3 is 2.77 bits per heavy atom. The van der Waals surface area contributed by atoms with Crippen LogP contribution in [0.4, 0.5) is 13.2 Å². The zero-order chi connectivity index (χ0) is 15.7. The zero-order valence-corrected chi connectivity index (χ0v) is 12.2. The minimum absolute atomic E-state index is 0.0232. The number of halogens is 3. The predicted octanol–water partition coefficient (Wildman–Crippen LogP) is 2.91. The molecule has 1 fully saturated rings. The second-order valence-electron chi connectivity index (χ2n) is 6.00. The molecule has 3 nitrogen and oxygen atoms in total. The number of aliphatic hydroxyl groups is 1. The van der Waals surface area contributed by atoms with Crippen LogP contribution in [0.1, 0.15) is 18.4 Å². The Balaban J connectivity index is 1.81. The number of rotatable bonds is 6. The van der Waals surface area contributed by atoms with Crippen LogP contribution in [-0.4, -0.2) is 28.7 Å². The zero-order valence-electron chi connectivity index (χ0n) is 12.2. The Morgan fingerprint density at radius 1 is 1.32 bits per heavy atom. The highest BCUT2D eigenvalue weighted by Gasteiger charge is 2.45. The van der Waals surface area contributed by atoms with E-state index >= 15 is 0 Å². The number of aromatic nitrogens is 1. The van der Waals surface area contributed by atoms with Crippen LogP contribution in [0.3, 0.4) is 0 Å². The molecule has 1 aromatic carbocycles. The number of hydrogen-bond acceptors (Lipinski definition) is 2. The van der Waals surface area contributed by atoms with Crippen molar-refractivity contribution in [1.29, 1.82) is 0 Å². The van der Waals surface area contributed by atoms with Crippen molar-refractivity contribution in [3.63, 3.8) is 0 Å². The van der Waals surface area contributed by atoms with Gasteiger partial charge in [-0.2, -0.15) is 0 Å². The van der Waals surface area contributed by atoms with Gasteiger partial charge in [-0.1, -0.05) is 0 Å². The maximum atomic E-state index is 13.8. The van der Waals surface area contributed by atoms with Gasteiger partial charge in [0.25, 0.3) is 0 Å². The van der Waals surface area contributed by atoms with Crippen LogP contribution in [0.15, 0.2) is 24.4 Å². The average molecular weight is 312 g/mol. The fourth-order valence-corrected chi connectivity index (χ4v) is 3.13. The Kier molecular flexibility index (Phi) is 4.14. The molecule has 6 heteroatoms. The lowest BCUT2D eigenvalue weighted by Crippen LogP contribution is -2.37. The van der Waals surface area contributed by atoms with Gasteiger partial charge in [-0.3, -0.25) is 0 Å². The summed E-state index contributed by atoms with van der Waals surface area (Å²) in [6.45, 7) is 1.41. The van der Waals surface area contributed by atoms with Crippen molar-refractivity contribution in [2.24, 2.45) is 5.92 Å². The summed E-state index contributed by atoms with van der Waals surface area (Å²) in [5.41, 5.74) is 1.54. The van der Waals surface area contributed by atoms with Gasteiger partial charge in [-0.25, -0.2) is 13.2 Å². The summed E-state index contributed by atoms with van der Waals surface area (Å²) < 4.78 is 41.5. The van der Waals surface area contributed by atoms with Crippen molar-refractivity contribution in [1.82, 2.24) is 9.88 Å². The highest BCUT2D eigenvalue weighted by atomic mass is 19.3. The second-order valence-corrected chi connectivity index (χ2v) is 6.00. The number of fused-ring (bicyclic) bond motifs is 1. The molecule has 0 radical (unpaired) electrons. The number of aliphatic hydroxyl groups excluding tert-OH is 1. The van der Waals surface area contributed by atoms with Crippen LogP contribution < -0.4 is 5.32 Å². The first-order chi connectivity index (χ1) is 10.5. The molecule has 1 saturated carbocycles. The van der Waals surface area contributed by atoms with Crippen molar-refractivity contribution in [2.45, 2.75) is 31.9 Å². The first kappa shape index (κ1) is 15.4. The number of alkyl halides is 2. The molecule has 3 rings (SSSR count). The number of nitrogens with zero attached hydrogens (tertiary/aromatic N) is 1. The molecule has 2 N–H and O–H groups in total. The lowest BCUT2D eigenvalue weighted by molar-refractivity contribution is -0.113. The first-order valence-corrected chi connectivity index (χ1v) is 7.45. The highest BCUT2D eigenvalue weighted by molar-refractivity contribution is 5.83. The summed E-state index contributed by atoms with van der Waals surface area (Å²) in [4.78, 5) is 0. The minimum atomic E-state index is -2.53. The number of nitrogens with one attached hydrogen (secondary N) is 1. The Labute approximate surface area is 126 Å². The molecule has 0 bridgehead atoms. The number of benzene rings is 1. The van der Waals surface area contributed by atoms with Crippen LogP contribution >= 0.6 is 0 Å². The molecule has 0 saturated heterocycles. The normalized spacial score (nSPS) is 17.8. The molecular formula is C16H19F3N2O. The van der Waals surface area contributed by atoms with E-state index in [9.17, 15) is 13.2 Å². The van der Waals surface area contributed by atoms with Crippen molar-refractivity contribution in [3.8, 4) is 0 Å². The van der Waals surface area contributed by atoms with E-state index in [1.165, 1.54) is 12.1 Å². The van der Waals surface area contributed by atoms with E-state index in [-0.39, 0.29) is 31.2 Å². The maximum absolute atomic E-state index is 13.8. The van der Waals surface area contributed by atoms with Crippen LogP contribution in [0.2, 0.25) is 0 Å². The third-order valence-electron chi connectivity index (χ3n) is 4.17. The fourth-order valence-electron chi connectivity index (χ4n) is 3.13. The summed E-state index contributed by atoms with van der Waals surface area (Å²) >= 11 is 0. The van der Waals surface area contributed by atoms with Gasteiger partial charge >= 0.3 is 0 Å². The predicted molar refractivity (Wildman–Crippen MR) is 78.4 cm³/mol. The Morgan fingerprint density at radius 2 is 2.09 bits per heavy atom. The molecular weight excluding hydrogens is 293 g/mol. The third kappa shape index (κ3) is 3.13. The van der Waals surface area contributed by atoms with Gasteiger partial charge in [0.2, 0.25) is 5.92 Å². The van der Waals surface area contributed by atoms with Crippen LogP contribution in [0, 0.1) is 11.7 Å². The average Bonchev–Trinajstić information content (AvgIpc) is 2.80. The smallest absolute Gasteiger partial charge is 0.248 e. The van der Waals surface area contributed by atoms with Gasteiger partial charge in [-0.15, -0.1) is 0 Å². The third-order valence-corrected chi connectivity index (χ3v) is 4.17. The summed E-state index contributed by atoms with van der Waals surface area (Å²) in [5.74, 6) is -2.92. The first-order valence-electron chi connectivity index (χ1n) is 7.45. The topological polar surface area (TPSA) is 37.2 Å². The van der Waals surface area contributed by atoms with E-state index in [2.05, 4.69) is 5.32 Å². The minimum Gasteiger partial charge on any atom is -0.395 e.